The second kappa shape index (κ2) is 6.91. The molecule has 1 unspecified atom stereocenters. The molecule has 1 aliphatic heterocycles. The number of nitrogens with zero attached hydrogens (tertiary/aromatic N) is 1. The van der Waals surface area contributed by atoms with E-state index in [2.05, 4.69) is 11.8 Å². The lowest BCUT2D eigenvalue weighted by Gasteiger charge is -2.34. The van der Waals surface area contributed by atoms with Crippen molar-refractivity contribution >= 4 is 0 Å². The molecule has 2 nitrogen and oxygen atoms in total. The van der Waals surface area contributed by atoms with Gasteiger partial charge in [0.05, 0.1) is 0 Å². The van der Waals surface area contributed by atoms with Crippen LogP contribution >= 0.6 is 0 Å². The van der Waals surface area contributed by atoms with Gasteiger partial charge in [0.25, 0.3) is 0 Å². The minimum absolute atomic E-state index is 0.477. The van der Waals surface area contributed by atoms with Gasteiger partial charge in [-0.05, 0) is 63.1 Å². The van der Waals surface area contributed by atoms with E-state index in [0.29, 0.717) is 5.41 Å². The fraction of sp³-hybridized carbons (Fsp3) is 1.00. The molecular weight excluding hydrogens is 220 g/mol. The Kier molecular flexibility index (Phi) is 5.50. The van der Waals surface area contributed by atoms with Crippen molar-refractivity contribution in [3.05, 3.63) is 0 Å². The lowest BCUT2D eigenvalue weighted by atomic mass is 9.85. The first kappa shape index (κ1) is 14.3. The third-order valence-corrected chi connectivity index (χ3v) is 5.29. The minimum Gasteiger partial charge on any atom is -0.330 e. The van der Waals surface area contributed by atoms with Gasteiger partial charge >= 0.3 is 0 Å². The predicted molar refractivity (Wildman–Crippen MR) is 78.6 cm³/mol. The molecule has 1 heterocycles. The fourth-order valence-corrected chi connectivity index (χ4v) is 4.11. The molecule has 106 valence electrons. The molecule has 0 aromatic rings. The zero-order valence-corrected chi connectivity index (χ0v) is 12.3. The molecule has 2 heteroatoms. The Hall–Kier alpha value is -0.0800. The van der Waals surface area contributed by atoms with E-state index in [4.69, 9.17) is 5.73 Å². The van der Waals surface area contributed by atoms with Crippen LogP contribution in [0.25, 0.3) is 0 Å². The van der Waals surface area contributed by atoms with E-state index in [0.717, 1.165) is 12.5 Å². The van der Waals surface area contributed by atoms with Gasteiger partial charge in [-0.1, -0.05) is 32.6 Å². The third kappa shape index (κ3) is 3.71. The molecule has 2 N–H and O–H groups in total. The van der Waals surface area contributed by atoms with Crippen molar-refractivity contribution in [2.45, 2.75) is 64.7 Å². The van der Waals surface area contributed by atoms with Crippen molar-refractivity contribution < 1.29 is 0 Å². The van der Waals surface area contributed by atoms with Crippen LogP contribution in [0.5, 0.6) is 0 Å². The molecule has 1 aliphatic carbocycles. The molecule has 2 fully saturated rings. The van der Waals surface area contributed by atoms with Crippen LogP contribution in [0.1, 0.15) is 64.7 Å². The summed E-state index contributed by atoms with van der Waals surface area (Å²) >= 11 is 0. The SMILES string of the molecule is CCCC1CCCN(CC2(CN)CCCC2)CC1. The van der Waals surface area contributed by atoms with E-state index in [-0.39, 0.29) is 0 Å². The normalized spacial score (nSPS) is 29.3. The van der Waals surface area contributed by atoms with Crippen molar-refractivity contribution in [1.29, 1.82) is 0 Å². The zero-order valence-electron chi connectivity index (χ0n) is 12.3. The number of hydrogen-bond acceptors (Lipinski definition) is 2. The average molecular weight is 252 g/mol. The van der Waals surface area contributed by atoms with E-state index in [1.807, 2.05) is 0 Å². The first-order valence-electron chi connectivity index (χ1n) is 8.20. The van der Waals surface area contributed by atoms with Crippen LogP contribution in [0.3, 0.4) is 0 Å². The number of hydrogen-bond donors (Lipinski definition) is 1. The van der Waals surface area contributed by atoms with Gasteiger partial charge < -0.3 is 10.6 Å². The van der Waals surface area contributed by atoms with Crippen LogP contribution in [0.2, 0.25) is 0 Å². The van der Waals surface area contributed by atoms with Gasteiger partial charge in [-0.3, -0.25) is 0 Å². The summed E-state index contributed by atoms with van der Waals surface area (Å²) in [5, 5.41) is 0. The summed E-state index contributed by atoms with van der Waals surface area (Å²) in [7, 11) is 0. The first-order chi connectivity index (χ1) is 8.78. The Labute approximate surface area is 113 Å². The molecular formula is C16H32N2. The van der Waals surface area contributed by atoms with Crippen molar-refractivity contribution in [1.82, 2.24) is 4.90 Å². The maximum absolute atomic E-state index is 6.07. The van der Waals surface area contributed by atoms with Crippen molar-refractivity contribution in [2.75, 3.05) is 26.2 Å². The summed E-state index contributed by atoms with van der Waals surface area (Å²) in [5.74, 6) is 0.998. The van der Waals surface area contributed by atoms with Gasteiger partial charge in [0.2, 0.25) is 0 Å². The summed E-state index contributed by atoms with van der Waals surface area (Å²) in [6.07, 6.45) is 12.6. The van der Waals surface area contributed by atoms with Crippen LogP contribution in [-0.2, 0) is 0 Å². The quantitative estimate of drug-likeness (QED) is 0.812. The van der Waals surface area contributed by atoms with E-state index in [1.165, 1.54) is 77.4 Å². The predicted octanol–water partition coefficient (Wildman–Crippen LogP) is 3.41. The molecule has 2 rings (SSSR count). The molecule has 1 atom stereocenters. The fourth-order valence-electron chi connectivity index (χ4n) is 4.11. The van der Waals surface area contributed by atoms with Gasteiger partial charge in [0, 0.05) is 6.54 Å². The molecule has 0 spiro atoms. The molecule has 2 aliphatic rings. The highest BCUT2D eigenvalue weighted by atomic mass is 15.1. The summed E-state index contributed by atoms with van der Waals surface area (Å²) in [6, 6.07) is 0. The van der Waals surface area contributed by atoms with Gasteiger partial charge in [0.15, 0.2) is 0 Å². The third-order valence-electron chi connectivity index (χ3n) is 5.29. The van der Waals surface area contributed by atoms with Crippen LogP contribution < -0.4 is 5.73 Å². The number of rotatable bonds is 5. The Morgan fingerprint density at radius 2 is 1.89 bits per heavy atom. The Morgan fingerprint density at radius 3 is 2.56 bits per heavy atom. The van der Waals surface area contributed by atoms with Gasteiger partial charge in [0.1, 0.15) is 0 Å². The van der Waals surface area contributed by atoms with E-state index < -0.39 is 0 Å². The molecule has 1 saturated carbocycles. The van der Waals surface area contributed by atoms with E-state index >= 15 is 0 Å². The zero-order chi connectivity index (χ0) is 12.8. The summed E-state index contributed by atoms with van der Waals surface area (Å²) in [6.45, 7) is 7.16. The lowest BCUT2D eigenvalue weighted by molar-refractivity contribution is 0.160. The highest BCUT2D eigenvalue weighted by Gasteiger charge is 2.34. The number of likely N-dealkylation sites (tertiary alicyclic amines) is 1. The number of nitrogens with two attached hydrogens (primary N) is 1. The van der Waals surface area contributed by atoms with Crippen LogP contribution in [0.15, 0.2) is 0 Å². The molecule has 0 aromatic carbocycles. The van der Waals surface area contributed by atoms with Gasteiger partial charge in [-0.15, -0.1) is 0 Å². The van der Waals surface area contributed by atoms with Crippen molar-refractivity contribution in [2.24, 2.45) is 17.1 Å². The molecule has 0 aromatic heterocycles. The molecule has 0 radical (unpaired) electrons. The van der Waals surface area contributed by atoms with Crippen LogP contribution in [0.4, 0.5) is 0 Å². The summed E-state index contributed by atoms with van der Waals surface area (Å²) < 4.78 is 0. The van der Waals surface area contributed by atoms with Crippen molar-refractivity contribution in [3.8, 4) is 0 Å². The molecule has 18 heavy (non-hydrogen) atoms. The second-order valence-electron chi connectivity index (χ2n) is 6.77. The second-order valence-corrected chi connectivity index (χ2v) is 6.77. The van der Waals surface area contributed by atoms with Crippen LogP contribution in [0, 0.1) is 11.3 Å². The topological polar surface area (TPSA) is 29.3 Å². The van der Waals surface area contributed by atoms with E-state index in [1.54, 1.807) is 0 Å². The standard InChI is InChI=1S/C16H32N2/c1-2-6-15-7-5-11-18(12-8-15)14-16(13-17)9-3-4-10-16/h15H,2-14,17H2,1H3. The molecule has 0 amide bonds. The van der Waals surface area contributed by atoms with Crippen molar-refractivity contribution in [3.63, 3.8) is 0 Å². The van der Waals surface area contributed by atoms with Gasteiger partial charge in [-0.25, -0.2) is 0 Å². The maximum atomic E-state index is 6.07. The van der Waals surface area contributed by atoms with Gasteiger partial charge in [-0.2, -0.15) is 0 Å². The average Bonchev–Trinajstić information content (AvgIpc) is 2.74. The largest absolute Gasteiger partial charge is 0.330 e. The van der Waals surface area contributed by atoms with E-state index in [9.17, 15) is 0 Å². The Balaban J connectivity index is 1.82. The lowest BCUT2D eigenvalue weighted by Crippen LogP contribution is -2.41. The highest BCUT2D eigenvalue weighted by Crippen LogP contribution is 2.38. The summed E-state index contributed by atoms with van der Waals surface area (Å²) in [5.41, 5.74) is 6.55. The first-order valence-corrected chi connectivity index (χ1v) is 8.20. The smallest absolute Gasteiger partial charge is 0.00501 e. The minimum atomic E-state index is 0.477. The Morgan fingerprint density at radius 1 is 1.11 bits per heavy atom. The molecule has 0 bridgehead atoms. The maximum Gasteiger partial charge on any atom is 0.00501 e. The van der Waals surface area contributed by atoms with Crippen LogP contribution in [-0.4, -0.2) is 31.1 Å². The summed E-state index contributed by atoms with van der Waals surface area (Å²) in [4.78, 5) is 2.73. The molecule has 1 saturated heterocycles. The highest BCUT2D eigenvalue weighted by molar-refractivity contribution is 4.89. The monoisotopic (exact) mass is 252 g/mol. The Bertz CT molecular complexity index is 233.